The van der Waals surface area contributed by atoms with Crippen molar-refractivity contribution in [3.8, 4) is 5.75 Å². The molecule has 200 valence electrons. The molecule has 0 spiro atoms. The minimum absolute atomic E-state index is 0. The number of nitrogens with zero attached hydrogens (tertiary/aromatic N) is 1. The van der Waals surface area contributed by atoms with Gasteiger partial charge in [0.15, 0.2) is 0 Å². The fraction of sp³-hybridized carbons (Fsp3) is 0.379. The lowest BCUT2D eigenvalue weighted by Crippen LogP contribution is -2.22. The third-order valence-corrected chi connectivity index (χ3v) is 6.69. The number of amides is 1. The number of nitrogens with two attached hydrogens (primary N) is 1. The van der Waals surface area contributed by atoms with Gasteiger partial charge in [0.25, 0.3) is 0 Å². The second-order valence-electron chi connectivity index (χ2n) is 11.0. The molecule has 0 aliphatic rings. The molecule has 0 fully saturated rings. The normalized spacial score (nSPS) is 12.2. The van der Waals surface area contributed by atoms with Crippen LogP contribution in [0.15, 0.2) is 58.9 Å². The summed E-state index contributed by atoms with van der Waals surface area (Å²) in [5.41, 5.74) is 9.83. The van der Waals surface area contributed by atoms with E-state index >= 15 is 0 Å². The number of carbonyl (C=O) groups excluding carboxylic acids is 1. The molecule has 37 heavy (non-hydrogen) atoms. The Morgan fingerprint density at radius 1 is 1.00 bits per heavy atom. The third-order valence-electron chi connectivity index (χ3n) is 5.80. The molecule has 2 aromatic carbocycles. The van der Waals surface area contributed by atoms with Gasteiger partial charge in [-0.3, -0.25) is 4.79 Å². The van der Waals surface area contributed by atoms with Crippen LogP contribution >= 0.6 is 23.7 Å². The Morgan fingerprint density at radius 2 is 1.65 bits per heavy atom. The molecule has 0 bridgehead atoms. The highest BCUT2D eigenvalue weighted by atomic mass is 35.5. The fourth-order valence-corrected chi connectivity index (χ4v) is 4.49. The number of anilines is 1. The van der Waals surface area contributed by atoms with Crippen LogP contribution in [0.4, 0.5) is 11.4 Å². The summed E-state index contributed by atoms with van der Waals surface area (Å²) in [6.07, 6.45) is 0.333. The van der Waals surface area contributed by atoms with Gasteiger partial charge in [-0.05, 0) is 52.1 Å². The standard InChI is InChI=1S/C29H38N4O2S.ClH/c1-28(2,3)22-16-21(17-23(26(22)35)29(4,5)6)32-25(34)12-13-31-18-19-9-7-10-20(15-19)33-27(30)24-11-8-14-36-24;/h7-11,14-17,31,35H,12-13,18H2,1-6H3,(H2,30,33)(H,32,34);1H. The third kappa shape index (κ3) is 8.59. The number of aromatic hydroxyl groups is 1. The van der Waals surface area contributed by atoms with Crippen molar-refractivity contribution >= 4 is 46.9 Å². The van der Waals surface area contributed by atoms with E-state index in [1.807, 2.05) is 53.9 Å². The Kier molecular flexibility index (Phi) is 10.3. The summed E-state index contributed by atoms with van der Waals surface area (Å²) in [5.74, 6) is 0.735. The first-order chi connectivity index (χ1) is 16.8. The minimum atomic E-state index is -0.251. The highest BCUT2D eigenvalue weighted by Crippen LogP contribution is 2.41. The number of thiophene rings is 1. The number of nitrogens with one attached hydrogen (secondary N) is 2. The summed E-state index contributed by atoms with van der Waals surface area (Å²) in [6.45, 7) is 13.5. The van der Waals surface area contributed by atoms with Gasteiger partial charge in [0, 0.05) is 36.3 Å². The Labute approximate surface area is 230 Å². The van der Waals surface area contributed by atoms with Crippen LogP contribution < -0.4 is 16.4 Å². The Morgan fingerprint density at radius 3 is 2.22 bits per heavy atom. The Bertz CT molecular complexity index is 1190. The summed E-state index contributed by atoms with van der Waals surface area (Å²) >= 11 is 1.56. The van der Waals surface area contributed by atoms with E-state index in [0.29, 0.717) is 36.8 Å². The second-order valence-corrected chi connectivity index (χ2v) is 12.0. The average molecular weight is 543 g/mol. The minimum Gasteiger partial charge on any atom is -0.507 e. The first kappa shape index (κ1) is 30.4. The molecule has 3 aromatic rings. The number of carbonyl (C=O) groups is 1. The monoisotopic (exact) mass is 542 g/mol. The summed E-state index contributed by atoms with van der Waals surface area (Å²) < 4.78 is 0. The Balaban J connectivity index is 0.00000481. The van der Waals surface area contributed by atoms with Crippen LogP contribution in [0.1, 0.15) is 69.5 Å². The number of benzene rings is 2. The molecule has 5 N–H and O–H groups in total. The number of rotatable bonds is 8. The van der Waals surface area contributed by atoms with Gasteiger partial charge in [0.2, 0.25) is 5.91 Å². The predicted octanol–water partition coefficient (Wildman–Crippen LogP) is 6.63. The van der Waals surface area contributed by atoms with Gasteiger partial charge in [-0.2, -0.15) is 0 Å². The number of aliphatic imine (C=N–C) groups is 1. The van der Waals surface area contributed by atoms with Crippen molar-refractivity contribution in [1.29, 1.82) is 0 Å². The zero-order chi connectivity index (χ0) is 26.5. The van der Waals surface area contributed by atoms with Gasteiger partial charge >= 0.3 is 0 Å². The van der Waals surface area contributed by atoms with Crippen LogP contribution in [0.3, 0.4) is 0 Å². The van der Waals surface area contributed by atoms with Gasteiger partial charge in [0.1, 0.15) is 11.6 Å². The number of hydrogen-bond donors (Lipinski definition) is 4. The number of halogens is 1. The highest BCUT2D eigenvalue weighted by molar-refractivity contribution is 7.12. The molecule has 0 unspecified atom stereocenters. The maximum absolute atomic E-state index is 12.7. The molecule has 0 saturated carbocycles. The van der Waals surface area contributed by atoms with E-state index in [1.165, 1.54) is 0 Å². The second kappa shape index (κ2) is 12.6. The van der Waals surface area contributed by atoms with Crippen LogP contribution in [-0.2, 0) is 22.2 Å². The lowest BCUT2D eigenvalue weighted by molar-refractivity contribution is -0.116. The van der Waals surface area contributed by atoms with Gasteiger partial charge in [-0.1, -0.05) is 59.7 Å². The Hall–Kier alpha value is -2.87. The lowest BCUT2D eigenvalue weighted by atomic mass is 9.79. The van der Waals surface area contributed by atoms with Crippen molar-refractivity contribution < 1.29 is 9.90 Å². The molecule has 0 radical (unpaired) electrons. The van der Waals surface area contributed by atoms with Crippen LogP contribution in [0.5, 0.6) is 5.75 Å². The summed E-state index contributed by atoms with van der Waals surface area (Å²) in [6, 6.07) is 15.5. The summed E-state index contributed by atoms with van der Waals surface area (Å²) in [7, 11) is 0. The first-order valence-electron chi connectivity index (χ1n) is 12.2. The van der Waals surface area contributed by atoms with E-state index in [0.717, 1.165) is 27.3 Å². The van der Waals surface area contributed by atoms with Crippen LogP contribution in [0, 0.1) is 0 Å². The van der Waals surface area contributed by atoms with Crippen molar-refractivity contribution in [2.75, 3.05) is 11.9 Å². The summed E-state index contributed by atoms with van der Waals surface area (Å²) in [5, 5.41) is 19.2. The van der Waals surface area contributed by atoms with Gasteiger partial charge in [0.05, 0.1) is 10.6 Å². The maximum Gasteiger partial charge on any atom is 0.225 e. The largest absolute Gasteiger partial charge is 0.507 e. The molecular weight excluding hydrogens is 504 g/mol. The molecule has 0 aliphatic heterocycles. The number of phenolic OH excluding ortho intramolecular Hbond substituents is 1. The van der Waals surface area contributed by atoms with Crippen LogP contribution in [0.2, 0.25) is 0 Å². The molecular formula is C29H39ClN4O2S. The fourth-order valence-electron chi connectivity index (χ4n) is 3.86. The topological polar surface area (TPSA) is 99.7 Å². The van der Waals surface area contributed by atoms with Crippen molar-refractivity contribution in [3.05, 3.63) is 75.5 Å². The molecule has 8 heteroatoms. The van der Waals surface area contributed by atoms with E-state index in [-0.39, 0.29) is 29.1 Å². The van der Waals surface area contributed by atoms with Gasteiger partial charge in [-0.15, -0.1) is 23.7 Å². The van der Waals surface area contributed by atoms with E-state index in [2.05, 4.69) is 57.2 Å². The zero-order valence-electron chi connectivity index (χ0n) is 22.5. The number of amidine groups is 1. The summed E-state index contributed by atoms with van der Waals surface area (Å²) in [4.78, 5) is 18.1. The van der Waals surface area contributed by atoms with E-state index < -0.39 is 0 Å². The molecule has 0 aliphatic carbocycles. The molecule has 6 nitrogen and oxygen atoms in total. The van der Waals surface area contributed by atoms with E-state index in [1.54, 1.807) is 11.3 Å². The molecule has 0 atom stereocenters. The highest BCUT2D eigenvalue weighted by Gasteiger charge is 2.26. The predicted molar refractivity (Wildman–Crippen MR) is 159 cm³/mol. The molecule has 1 amide bonds. The first-order valence-corrected chi connectivity index (χ1v) is 13.1. The van der Waals surface area contributed by atoms with Crippen molar-refractivity contribution in [2.24, 2.45) is 10.7 Å². The maximum atomic E-state index is 12.7. The number of hydrogen-bond acceptors (Lipinski definition) is 5. The average Bonchev–Trinajstić information content (AvgIpc) is 3.32. The van der Waals surface area contributed by atoms with Crippen LogP contribution in [0.25, 0.3) is 0 Å². The quantitative estimate of drug-likeness (QED) is 0.111. The molecule has 3 rings (SSSR count). The van der Waals surface area contributed by atoms with Gasteiger partial charge in [-0.25, -0.2) is 4.99 Å². The zero-order valence-corrected chi connectivity index (χ0v) is 24.1. The van der Waals surface area contributed by atoms with E-state index in [4.69, 9.17) is 5.73 Å². The lowest BCUT2D eigenvalue weighted by Gasteiger charge is -2.28. The molecule has 1 aromatic heterocycles. The molecule has 0 saturated heterocycles. The smallest absolute Gasteiger partial charge is 0.225 e. The van der Waals surface area contributed by atoms with Crippen molar-refractivity contribution in [3.63, 3.8) is 0 Å². The van der Waals surface area contributed by atoms with Gasteiger partial charge < -0.3 is 21.5 Å². The van der Waals surface area contributed by atoms with E-state index in [9.17, 15) is 9.90 Å². The molecule has 1 heterocycles. The van der Waals surface area contributed by atoms with Crippen LogP contribution in [-0.4, -0.2) is 23.4 Å². The van der Waals surface area contributed by atoms with Crippen molar-refractivity contribution in [1.82, 2.24) is 5.32 Å². The SMILES string of the molecule is CC(C)(C)c1cc(NC(=O)CCNCc2cccc(/N=C(\N)c3cccs3)c2)cc(C(C)(C)C)c1O.Cl. The number of phenols is 1. The van der Waals surface area contributed by atoms with Crippen molar-refractivity contribution in [2.45, 2.75) is 65.3 Å².